The topological polar surface area (TPSA) is 76.4 Å². The van der Waals surface area contributed by atoms with Crippen LogP contribution in [-0.4, -0.2) is 24.1 Å². The Bertz CT molecular complexity index is 1400. The van der Waals surface area contributed by atoms with E-state index in [-0.39, 0.29) is 22.9 Å². The molecule has 158 valence electrons. The Hall–Kier alpha value is -2.80. The van der Waals surface area contributed by atoms with Crippen molar-refractivity contribution in [3.05, 3.63) is 99.7 Å². The van der Waals surface area contributed by atoms with Gasteiger partial charge in [0.2, 0.25) is 0 Å². The maximum atomic E-state index is 13.4. The summed E-state index contributed by atoms with van der Waals surface area (Å²) >= 11 is 12.1. The highest BCUT2D eigenvalue weighted by Gasteiger charge is 2.31. The number of carbonyl (C=O) groups is 1. The summed E-state index contributed by atoms with van der Waals surface area (Å²) in [6, 6.07) is 20.5. The average Bonchev–Trinajstić information content (AvgIpc) is 3.07. The summed E-state index contributed by atoms with van der Waals surface area (Å²) < 4.78 is 28.3. The van der Waals surface area contributed by atoms with E-state index in [1.165, 1.54) is 4.57 Å². The van der Waals surface area contributed by atoms with Crippen LogP contribution in [0.4, 0.5) is 0 Å². The zero-order valence-corrected chi connectivity index (χ0v) is 18.5. The fraction of sp³-hybridized carbons (Fsp3) is 0.0870. The fourth-order valence-corrected chi connectivity index (χ4v) is 5.75. The number of fused-ring (bicyclic) bond motifs is 1. The first-order valence-corrected chi connectivity index (χ1v) is 11.7. The zero-order valence-electron chi connectivity index (χ0n) is 16.1. The number of aromatic carboxylic acids is 1. The summed E-state index contributed by atoms with van der Waals surface area (Å²) in [6.07, 6.45) is 0. The van der Waals surface area contributed by atoms with Gasteiger partial charge in [0.25, 0.3) is 0 Å². The number of halogens is 2. The molecule has 0 aliphatic rings. The molecule has 0 atom stereocenters. The third-order valence-corrected chi connectivity index (χ3v) is 7.45. The molecule has 0 fully saturated rings. The Morgan fingerprint density at radius 1 is 0.871 bits per heavy atom. The number of nitrogens with zero attached hydrogens (tertiary/aromatic N) is 1. The quantitative estimate of drug-likeness (QED) is 0.391. The van der Waals surface area contributed by atoms with Gasteiger partial charge in [0, 0.05) is 11.9 Å². The lowest BCUT2D eigenvalue weighted by Gasteiger charge is -2.10. The van der Waals surface area contributed by atoms with Crippen LogP contribution in [0.25, 0.3) is 10.9 Å². The van der Waals surface area contributed by atoms with Crippen molar-refractivity contribution in [2.24, 2.45) is 0 Å². The van der Waals surface area contributed by atoms with Gasteiger partial charge in [0.15, 0.2) is 9.84 Å². The molecule has 1 N–H and O–H groups in total. The molecule has 0 bridgehead atoms. The van der Waals surface area contributed by atoms with Crippen molar-refractivity contribution in [1.82, 2.24) is 4.57 Å². The second kappa shape index (κ2) is 8.38. The molecule has 4 aromatic rings. The maximum Gasteiger partial charge on any atom is 0.353 e. The first-order valence-electron chi connectivity index (χ1n) is 9.33. The lowest BCUT2D eigenvalue weighted by atomic mass is 10.2. The molecule has 1 aromatic heterocycles. The molecule has 0 aliphatic carbocycles. The van der Waals surface area contributed by atoms with E-state index in [2.05, 4.69) is 0 Å². The van der Waals surface area contributed by atoms with Gasteiger partial charge in [-0.1, -0.05) is 77.8 Å². The minimum absolute atomic E-state index is 0.125. The predicted molar refractivity (Wildman–Crippen MR) is 122 cm³/mol. The van der Waals surface area contributed by atoms with Gasteiger partial charge in [-0.25, -0.2) is 13.2 Å². The number of hydrogen-bond donors (Lipinski definition) is 1. The van der Waals surface area contributed by atoms with Gasteiger partial charge in [0.1, 0.15) is 10.6 Å². The third-order valence-electron chi connectivity index (χ3n) is 4.96. The van der Waals surface area contributed by atoms with Crippen LogP contribution >= 0.6 is 23.2 Å². The highest BCUT2D eigenvalue weighted by molar-refractivity contribution is 7.91. The Morgan fingerprint density at radius 3 is 2.23 bits per heavy atom. The predicted octanol–water partition coefficient (Wildman–Crippen LogP) is 5.67. The SMILES string of the molecule is O=C(O)c1c(S(=O)(=O)Cc2ccccc2)c2ccccc2n1Cc1ccc(Cl)c(Cl)c1. The summed E-state index contributed by atoms with van der Waals surface area (Å²) in [5.74, 6) is -1.61. The van der Waals surface area contributed by atoms with Crippen molar-refractivity contribution >= 4 is 49.9 Å². The van der Waals surface area contributed by atoms with E-state index in [1.807, 2.05) is 0 Å². The van der Waals surface area contributed by atoms with Gasteiger partial charge in [0.05, 0.1) is 21.3 Å². The largest absolute Gasteiger partial charge is 0.477 e. The van der Waals surface area contributed by atoms with Gasteiger partial charge >= 0.3 is 5.97 Å². The zero-order chi connectivity index (χ0) is 22.2. The molecule has 3 aromatic carbocycles. The first kappa shape index (κ1) is 21.4. The summed E-state index contributed by atoms with van der Waals surface area (Å²) in [5.41, 5.74) is 1.52. The lowest BCUT2D eigenvalue weighted by Crippen LogP contribution is -2.15. The van der Waals surface area contributed by atoms with E-state index in [4.69, 9.17) is 23.2 Å². The molecule has 31 heavy (non-hydrogen) atoms. The van der Waals surface area contributed by atoms with Crippen LogP contribution in [0.5, 0.6) is 0 Å². The van der Waals surface area contributed by atoms with Crippen molar-refractivity contribution in [3.8, 4) is 0 Å². The number of para-hydroxylation sites is 1. The van der Waals surface area contributed by atoms with Gasteiger partial charge in [-0.05, 0) is 29.3 Å². The van der Waals surface area contributed by atoms with Crippen LogP contribution in [0, 0.1) is 0 Å². The smallest absolute Gasteiger partial charge is 0.353 e. The van der Waals surface area contributed by atoms with E-state index in [0.29, 0.717) is 32.1 Å². The molecule has 0 amide bonds. The number of hydrogen-bond acceptors (Lipinski definition) is 3. The molecule has 8 heteroatoms. The van der Waals surface area contributed by atoms with E-state index in [1.54, 1.807) is 72.8 Å². The molecular weight excluding hydrogens is 457 g/mol. The van der Waals surface area contributed by atoms with Crippen molar-refractivity contribution in [3.63, 3.8) is 0 Å². The Labute approximate surface area is 189 Å². The average molecular weight is 474 g/mol. The van der Waals surface area contributed by atoms with Crippen LogP contribution in [0.3, 0.4) is 0 Å². The monoisotopic (exact) mass is 473 g/mol. The van der Waals surface area contributed by atoms with Crippen molar-refractivity contribution in [2.45, 2.75) is 17.2 Å². The van der Waals surface area contributed by atoms with E-state index in [9.17, 15) is 18.3 Å². The molecule has 0 spiro atoms. The van der Waals surface area contributed by atoms with Gasteiger partial charge < -0.3 is 9.67 Å². The van der Waals surface area contributed by atoms with Crippen molar-refractivity contribution < 1.29 is 18.3 Å². The highest BCUT2D eigenvalue weighted by atomic mass is 35.5. The molecule has 5 nitrogen and oxygen atoms in total. The summed E-state index contributed by atoms with van der Waals surface area (Å²) in [7, 11) is -3.95. The van der Waals surface area contributed by atoms with Crippen LogP contribution in [-0.2, 0) is 22.1 Å². The fourth-order valence-electron chi connectivity index (χ4n) is 3.65. The molecule has 1 heterocycles. The minimum atomic E-state index is -3.95. The van der Waals surface area contributed by atoms with E-state index >= 15 is 0 Å². The highest BCUT2D eigenvalue weighted by Crippen LogP contribution is 2.34. The molecule has 4 rings (SSSR count). The number of aromatic nitrogens is 1. The number of carboxylic acids is 1. The molecule has 0 aliphatic heterocycles. The van der Waals surface area contributed by atoms with Gasteiger partial charge in [-0.15, -0.1) is 0 Å². The Kier molecular flexibility index (Phi) is 5.79. The Morgan fingerprint density at radius 2 is 1.55 bits per heavy atom. The second-order valence-electron chi connectivity index (χ2n) is 7.08. The number of sulfone groups is 1. The molecule has 0 unspecified atom stereocenters. The van der Waals surface area contributed by atoms with Crippen LogP contribution in [0.15, 0.2) is 77.7 Å². The van der Waals surface area contributed by atoms with Crippen LogP contribution in [0.2, 0.25) is 10.0 Å². The Balaban J connectivity index is 1.93. The van der Waals surface area contributed by atoms with Gasteiger partial charge in [-0.2, -0.15) is 0 Å². The van der Waals surface area contributed by atoms with E-state index in [0.717, 1.165) is 0 Å². The van der Waals surface area contributed by atoms with Crippen molar-refractivity contribution in [1.29, 1.82) is 0 Å². The number of benzene rings is 3. The molecule has 0 saturated heterocycles. The summed E-state index contributed by atoms with van der Waals surface area (Å²) in [6.45, 7) is 0.125. The first-order chi connectivity index (χ1) is 14.8. The van der Waals surface area contributed by atoms with Crippen LogP contribution in [0.1, 0.15) is 21.6 Å². The second-order valence-corrected chi connectivity index (χ2v) is 9.82. The maximum absolute atomic E-state index is 13.4. The summed E-state index contributed by atoms with van der Waals surface area (Å²) in [4.78, 5) is 12.1. The van der Waals surface area contributed by atoms with Gasteiger partial charge in [-0.3, -0.25) is 0 Å². The molecular formula is C23H17Cl2NO4S. The molecule has 0 saturated carbocycles. The number of rotatable bonds is 6. The lowest BCUT2D eigenvalue weighted by molar-refractivity contribution is 0.0681. The van der Waals surface area contributed by atoms with E-state index < -0.39 is 15.8 Å². The van der Waals surface area contributed by atoms with Crippen LogP contribution < -0.4 is 0 Å². The van der Waals surface area contributed by atoms with Crippen molar-refractivity contribution in [2.75, 3.05) is 0 Å². The number of carboxylic acid groups (broad SMARTS) is 1. The summed E-state index contributed by atoms with van der Waals surface area (Å²) in [5, 5.41) is 11.1. The minimum Gasteiger partial charge on any atom is -0.477 e. The molecule has 0 radical (unpaired) electrons. The normalized spacial score (nSPS) is 11.7. The third kappa shape index (κ3) is 4.19. The standard InChI is InChI=1S/C23H17Cl2NO4S/c24-18-11-10-16(12-19(18)25)13-26-20-9-5-4-8-17(20)22(21(26)23(27)28)31(29,30)14-15-6-2-1-3-7-15/h1-12H,13-14H2,(H,27,28).